The first-order valence-electron chi connectivity index (χ1n) is 5.26. The zero-order valence-electron chi connectivity index (χ0n) is 10.1. The number of anilines is 1. The molecule has 0 atom stereocenters. The van der Waals surface area contributed by atoms with Gasteiger partial charge < -0.3 is 10.0 Å². The zero-order chi connectivity index (χ0) is 14.4. The first-order chi connectivity index (χ1) is 8.71. The van der Waals surface area contributed by atoms with Crippen LogP contribution in [0.15, 0.2) is 18.2 Å². The van der Waals surface area contributed by atoms with Gasteiger partial charge in [-0.25, -0.2) is 4.79 Å². The summed E-state index contributed by atoms with van der Waals surface area (Å²) >= 11 is 0.971. The van der Waals surface area contributed by atoms with Gasteiger partial charge >= 0.3 is 12.1 Å². The van der Waals surface area contributed by atoms with Gasteiger partial charge in [-0.05, 0) is 18.2 Å². The van der Waals surface area contributed by atoms with E-state index in [1.807, 2.05) is 0 Å². The van der Waals surface area contributed by atoms with Crippen molar-refractivity contribution in [3.05, 3.63) is 28.6 Å². The highest BCUT2D eigenvalue weighted by Crippen LogP contribution is 2.40. The first-order valence-corrected chi connectivity index (χ1v) is 6.08. The van der Waals surface area contributed by atoms with Gasteiger partial charge in [0.15, 0.2) is 0 Å². The summed E-state index contributed by atoms with van der Waals surface area (Å²) in [5.74, 6) is -1.14. The molecule has 0 spiro atoms. The fourth-order valence-electron chi connectivity index (χ4n) is 1.85. The van der Waals surface area contributed by atoms with Crippen LogP contribution in [0.4, 0.5) is 18.9 Å². The number of carboxylic acid groups (broad SMARTS) is 1. The molecule has 0 saturated heterocycles. The molecule has 1 aromatic heterocycles. The van der Waals surface area contributed by atoms with E-state index in [1.54, 1.807) is 14.1 Å². The number of aromatic carboxylic acids is 1. The van der Waals surface area contributed by atoms with E-state index in [4.69, 9.17) is 5.11 Å². The number of halogens is 3. The van der Waals surface area contributed by atoms with Crippen molar-refractivity contribution in [2.75, 3.05) is 19.0 Å². The number of hydrogen-bond acceptors (Lipinski definition) is 3. The molecule has 0 fully saturated rings. The Morgan fingerprint density at radius 3 is 2.42 bits per heavy atom. The monoisotopic (exact) mass is 289 g/mol. The molecule has 0 aliphatic rings. The van der Waals surface area contributed by atoms with Crippen molar-refractivity contribution in [2.24, 2.45) is 0 Å². The van der Waals surface area contributed by atoms with Crippen molar-refractivity contribution in [1.82, 2.24) is 0 Å². The summed E-state index contributed by atoms with van der Waals surface area (Å²) in [6, 6.07) is 3.26. The summed E-state index contributed by atoms with van der Waals surface area (Å²) in [5.41, 5.74) is -0.476. The Balaban J connectivity index is 2.77. The highest BCUT2D eigenvalue weighted by Gasteiger charge is 2.31. The largest absolute Gasteiger partial charge is 0.477 e. The number of alkyl halides is 3. The standard InChI is InChI=1S/C12H10F3NO2S/c1-16(2)9-7-5-6(12(13,14)15)3-4-8(7)19-10(9)11(17)18/h3-5H,1-2H3,(H,17,18). The first kappa shape index (κ1) is 13.7. The van der Waals surface area contributed by atoms with E-state index in [0.717, 1.165) is 23.5 Å². The molecule has 7 heteroatoms. The number of nitrogens with zero attached hydrogens (tertiary/aromatic N) is 1. The van der Waals surface area contributed by atoms with Crippen molar-refractivity contribution < 1.29 is 23.1 Å². The zero-order valence-corrected chi connectivity index (χ0v) is 10.9. The van der Waals surface area contributed by atoms with E-state index >= 15 is 0 Å². The molecule has 0 aliphatic carbocycles. The van der Waals surface area contributed by atoms with Crippen LogP contribution in [0, 0.1) is 0 Å². The van der Waals surface area contributed by atoms with Gasteiger partial charge in [0.2, 0.25) is 0 Å². The summed E-state index contributed by atoms with van der Waals surface area (Å²) in [4.78, 5) is 12.7. The van der Waals surface area contributed by atoms with Crippen LogP contribution in [-0.2, 0) is 6.18 Å². The van der Waals surface area contributed by atoms with E-state index in [9.17, 15) is 18.0 Å². The number of thiophene rings is 1. The average Bonchev–Trinajstić information content (AvgIpc) is 2.65. The Labute approximate surface area is 110 Å². The van der Waals surface area contributed by atoms with Crippen LogP contribution in [0.1, 0.15) is 15.2 Å². The van der Waals surface area contributed by atoms with E-state index in [1.165, 1.54) is 11.0 Å². The molecule has 1 heterocycles. The number of fused-ring (bicyclic) bond motifs is 1. The lowest BCUT2D eigenvalue weighted by Crippen LogP contribution is -2.12. The average molecular weight is 289 g/mol. The summed E-state index contributed by atoms with van der Waals surface area (Å²) < 4.78 is 38.6. The molecule has 0 unspecified atom stereocenters. The van der Waals surface area contributed by atoms with Crippen LogP contribution >= 0.6 is 11.3 Å². The molecular formula is C12H10F3NO2S. The van der Waals surface area contributed by atoms with Gasteiger partial charge in [0.1, 0.15) is 4.88 Å². The fourth-order valence-corrected chi connectivity index (χ4v) is 2.95. The molecule has 102 valence electrons. The number of carbonyl (C=O) groups is 1. The van der Waals surface area contributed by atoms with Crippen LogP contribution in [0.5, 0.6) is 0 Å². The smallest absolute Gasteiger partial charge is 0.416 e. The molecule has 2 aromatic rings. The molecule has 0 amide bonds. The van der Waals surface area contributed by atoms with Crippen molar-refractivity contribution in [2.45, 2.75) is 6.18 Å². The van der Waals surface area contributed by atoms with Gasteiger partial charge in [0.05, 0.1) is 11.3 Å². The van der Waals surface area contributed by atoms with Crippen molar-refractivity contribution >= 4 is 33.1 Å². The van der Waals surface area contributed by atoms with Crippen molar-refractivity contribution in [1.29, 1.82) is 0 Å². The second-order valence-corrected chi connectivity index (χ2v) is 5.24. The molecule has 0 bridgehead atoms. The van der Waals surface area contributed by atoms with Gasteiger partial charge in [0, 0.05) is 24.2 Å². The maximum absolute atomic E-state index is 12.7. The van der Waals surface area contributed by atoms with Crippen LogP contribution in [-0.4, -0.2) is 25.2 Å². The summed E-state index contributed by atoms with van der Waals surface area (Å²) in [7, 11) is 3.21. The molecule has 1 N–H and O–H groups in total. The maximum atomic E-state index is 12.7. The predicted molar refractivity (Wildman–Crippen MR) is 68.1 cm³/mol. The van der Waals surface area contributed by atoms with Gasteiger partial charge in [0.25, 0.3) is 0 Å². The highest BCUT2D eigenvalue weighted by atomic mass is 32.1. The van der Waals surface area contributed by atoms with Gasteiger partial charge in [-0.2, -0.15) is 13.2 Å². The van der Waals surface area contributed by atoms with Gasteiger partial charge in [-0.1, -0.05) is 0 Å². The third-order valence-electron chi connectivity index (χ3n) is 2.63. The fraction of sp³-hybridized carbons (Fsp3) is 0.250. The van der Waals surface area contributed by atoms with E-state index in [2.05, 4.69) is 0 Å². The number of rotatable bonds is 2. The SMILES string of the molecule is CN(C)c1c(C(=O)O)sc2ccc(C(F)(F)F)cc12. The van der Waals surface area contributed by atoms with Crippen LogP contribution in [0.3, 0.4) is 0 Å². The normalized spacial score (nSPS) is 11.8. The Kier molecular flexibility index (Phi) is 3.17. The van der Waals surface area contributed by atoms with Crippen molar-refractivity contribution in [3.63, 3.8) is 0 Å². The van der Waals surface area contributed by atoms with E-state index < -0.39 is 17.7 Å². The summed E-state index contributed by atoms with van der Waals surface area (Å²) in [5, 5.41) is 9.41. The minimum absolute atomic E-state index is 0.0410. The molecule has 1 aromatic carbocycles. The van der Waals surface area contributed by atoms with Crippen LogP contribution in [0.25, 0.3) is 10.1 Å². The Bertz CT molecular complexity index is 646. The van der Waals surface area contributed by atoms with Crippen LogP contribution < -0.4 is 4.90 Å². The van der Waals surface area contributed by atoms with Crippen molar-refractivity contribution in [3.8, 4) is 0 Å². The summed E-state index contributed by atoms with van der Waals surface area (Å²) in [6.45, 7) is 0. The minimum Gasteiger partial charge on any atom is -0.477 e. The van der Waals surface area contributed by atoms with E-state index in [0.29, 0.717) is 15.8 Å². The molecule has 0 saturated carbocycles. The molecule has 2 rings (SSSR count). The summed E-state index contributed by atoms with van der Waals surface area (Å²) in [6.07, 6.45) is -4.44. The third-order valence-corrected chi connectivity index (χ3v) is 3.78. The molecule has 0 radical (unpaired) electrons. The van der Waals surface area contributed by atoms with Crippen LogP contribution in [0.2, 0.25) is 0 Å². The Morgan fingerprint density at radius 2 is 1.95 bits per heavy atom. The van der Waals surface area contributed by atoms with E-state index in [-0.39, 0.29) is 4.88 Å². The lowest BCUT2D eigenvalue weighted by molar-refractivity contribution is -0.137. The molecular weight excluding hydrogens is 279 g/mol. The lowest BCUT2D eigenvalue weighted by atomic mass is 10.1. The molecule has 19 heavy (non-hydrogen) atoms. The topological polar surface area (TPSA) is 40.5 Å². The minimum atomic E-state index is -4.44. The number of hydrogen-bond donors (Lipinski definition) is 1. The quantitative estimate of drug-likeness (QED) is 0.916. The highest BCUT2D eigenvalue weighted by molar-refractivity contribution is 7.21. The molecule has 0 aliphatic heterocycles. The van der Waals surface area contributed by atoms with Gasteiger partial charge in [-0.3, -0.25) is 0 Å². The van der Waals surface area contributed by atoms with Gasteiger partial charge in [-0.15, -0.1) is 11.3 Å². The second kappa shape index (κ2) is 4.41. The Morgan fingerprint density at radius 1 is 1.32 bits per heavy atom. The Hall–Kier alpha value is -1.76. The lowest BCUT2D eigenvalue weighted by Gasteiger charge is -2.13. The molecule has 3 nitrogen and oxygen atoms in total. The number of benzene rings is 1. The maximum Gasteiger partial charge on any atom is 0.416 e. The number of carboxylic acids is 1. The predicted octanol–water partition coefficient (Wildman–Crippen LogP) is 3.68. The third kappa shape index (κ3) is 2.37. The second-order valence-electron chi connectivity index (χ2n) is 4.19.